The lowest BCUT2D eigenvalue weighted by atomic mass is 10.0. The Kier molecular flexibility index (Phi) is 5.89. The molecule has 1 N–H and O–H groups in total. The molecule has 0 radical (unpaired) electrons. The standard InChI is InChI=1S/C25H21FN4O2/c1-16-8-9-17(2)21(14-16)22(31)15-27-25(32)23-28-24(18-6-4-3-5-7-18)30(29-23)20-12-10-19(26)11-13-20/h3-14H,15H2,1-2H3,(H,27,32). The number of halogens is 1. The van der Waals surface area contributed by atoms with Crippen LogP contribution in [0.25, 0.3) is 17.1 Å². The molecule has 0 saturated heterocycles. The van der Waals surface area contributed by atoms with E-state index in [0.717, 1.165) is 16.7 Å². The number of carbonyl (C=O) groups is 2. The van der Waals surface area contributed by atoms with E-state index >= 15 is 0 Å². The van der Waals surface area contributed by atoms with Crippen molar-refractivity contribution in [1.29, 1.82) is 0 Å². The number of ketones is 1. The highest BCUT2D eigenvalue weighted by Gasteiger charge is 2.20. The fourth-order valence-electron chi connectivity index (χ4n) is 3.32. The third kappa shape index (κ3) is 4.46. The van der Waals surface area contributed by atoms with Gasteiger partial charge in [-0.15, -0.1) is 5.10 Å². The predicted octanol–water partition coefficient (Wildman–Crippen LogP) is 4.30. The van der Waals surface area contributed by atoms with E-state index in [1.54, 1.807) is 18.2 Å². The molecule has 1 amide bonds. The summed E-state index contributed by atoms with van der Waals surface area (Å²) < 4.78 is 14.9. The number of nitrogens with one attached hydrogen (secondary N) is 1. The first-order valence-electron chi connectivity index (χ1n) is 10.1. The molecule has 0 spiro atoms. The van der Waals surface area contributed by atoms with Crippen LogP contribution < -0.4 is 5.32 Å². The van der Waals surface area contributed by atoms with Gasteiger partial charge in [-0.05, 0) is 49.7 Å². The normalized spacial score (nSPS) is 10.7. The number of rotatable bonds is 6. The molecule has 3 aromatic carbocycles. The molecule has 1 heterocycles. The minimum absolute atomic E-state index is 0.0815. The number of carbonyl (C=O) groups excluding carboxylic acids is 2. The molecule has 7 heteroatoms. The summed E-state index contributed by atoms with van der Waals surface area (Å²) in [5.41, 5.74) is 3.69. The highest BCUT2D eigenvalue weighted by Crippen LogP contribution is 2.21. The summed E-state index contributed by atoms with van der Waals surface area (Å²) in [4.78, 5) is 29.8. The molecule has 0 atom stereocenters. The van der Waals surface area contributed by atoms with Crippen LogP contribution >= 0.6 is 0 Å². The second-order valence-electron chi connectivity index (χ2n) is 7.44. The zero-order chi connectivity index (χ0) is 22.7. The maximum absolute atomic E-state index is 13.4. The summed E-state index contributed by atoms with van der Waals surface area (Å²) >= 11 is 0. The number of hydrogen-bond donors (Lipinski definition) is 1. The van der Waals surface area contributed by atoms with Crippen molar-refractivity contribution in [3.05, 3.63) is 101 Å². The molecule has 4 aromatic rings. The quantitative estimate of drug-likeness (QED) is 0.465. The van der Waals surface area contributed by atoms with Gasteiger partial charge < -0.3 is 5.32 Å². The molecule has 0 bridgehead atoms. The van der Waals surface area contributed by atoms with Crippen molar-refractivity contribution < 1.29 is 14.0 Å². The van der Waals surface area contributed by atoms with Crippen molar-refractivity contribution in [2.24, 2.45) is 0 Å². The molecular weight excluding hydrogens is 407 g/mol. The van der Waals surface area contributed by atoms with Gasteiger partial charge in [0.25, 0.3) is 5.91 Å². The number of amides is 1. The molecule has 0 aliphatic rings. The maximum atomic E-state index is 13.4. The van der Waals surface area contributed by atoms with E-state index < -0.39 is 5.91 Å². The highest BCUT2D eigenvalue weighted by atomic mass is 19.1. The minimum atomic E-state index is -0.568. The smallest absolute Gasteiger partial charge is 0.291 e. The molecule has 4 rings (SSSR count). The topological polar surface area (TPSA) is 76.9 Å². The fourth-order valence-corrected chi connectivity index (χ4v) is 3.32. The molecule has 6 nitrogen and oxygen atoms in total. The number of aromatic nitrogens is 3. The summed E-state index contributed by atoms with van der Waals surface area (Å²) in [6.45, 7) is 3.59. The Balaban J connectivity index is 1.60. The second kappa shape index (κ2) is 8.93. The number of hydrogen-bond acceptors (Lipinski definition) is 4. The van der Waals surface area contributed by atoms with Crippen LogP contribution in [0.2, 0.25) is 0 Å². The molecule has 32 heavy (non-hydrogen) atoms. The fraction of sp³-hybridized carbons (Fsp3) is 0.120. The van der Waals surface area contributed by atoms with Crippen LogP contribution in [0.15, 0.2) is 72.8 Å². The Morgan fingerprint density at radius 1 is 0.969 bits per heavy atom. The molecule has 0 fully saturated rings. The summed E-state index contributed by atoms with van der Waals surface area (Å²) in [5, 5.41) is 6.94. The molecule has 0 saturated carbocycles. The first-order valence-corrected chi connectivity index (χ1v) is 10.1. The average molecular weight is 428 g/mol. The zero-order valence-corrected chi connectivity index (χ0v) is 17.7. The van der Waals surface area contributed by atoms with E-state index in [-0.39, 0.29) is 24.0 Å². The van der Waals surface area contributed by atoms with Gasteiger partial charge in [-0.25, -0.2) is 14.1 Å². The van der Waals surface area contributed by atoms with Gasteiger partial charge in [0.1, 0.15) is 5.82 Å². The Bertz CT molecular complexity index is 1280. The first kappa shape index (κ1) is 21.1. The highest BCUT2D eigenvalue weighted by molar-refractivity contribution is 6.02. The predicted molar refractivity (Wildman–Crippen MR) is 119 cm³/mol. The Hall–Kier alpha value is -4.13. The summed E-state index contributed by atoms with van der Waals surface area (Å²) in [5.74, 6) is -0.786. The zero-order valence-electron chi connectivity index (χ0n) is 17.7. The molecule has 1 aromatic heterocycles. The van der Waals surface area contributed by atoms with Gasteiger partial charge in [0.05, 0.1) is 12.2 Å². The minimum Gasteiger partial charge on any atom is -0.342 e. The van der Waals surface area contributed by atoms with Gasteiger partial charge in [0, 0.05) is 11.1 Å². The second-order valence-corrected chi connectivity index (χ2v) is 7.44. The van der Waals surface area contributed by atoms with E-state index in [0.29, 0.717) is 17.1 Å². The molecule has 0 unspecified atom stereocenters. The lowest BCUT2D eigenvalue weighted by molar-refractivity contribution is 0.0897. The number of Topliss-reactive ketones (excluding diaryl/α,β-unsaturated/α-hetero) is 1. The van der Waals surface area contributed by atoms with Crippen LogP contribution in [-0.4, -0.2) is 33.0 Å². The van der Waals surface area contributed by atoms with E-state index in [2.05, 4.69) is 15.4 Å². The van der Waals surface area contributed by atoms with E-state index in [9.17, 15) is 14.0 Å². The monoisotopic (exact) mass is 428 g/mol. The van der Waals surface area contributed by atoms with Gasteiger partial charge in [0.15, 0.2) is 11.6 Å². The van der Waals surface area contributed by atoms with Crippen LogP contribution in [0, 0.1) is 19.7 Å². The van der Waals surface area contributed by atoms with E-state index in [1.165, 1.54) is 16.8 Å². The van der Waals surface area contributed by atoms with Crippen molar-refractivity contribution in [2.45, 2.75) is 13.8 Å². The van der Waals surface area contributed by atoms with Crippen LogP contribution in [0.1, 0.15) is 32.1 Å². The van der Waals surface area contributed by atoms with Crippen molar-refractivity contribution in [1.82, 2.24) is 20.1 Å². The van der Waals surface area contributed by atoms with Gasteiger partial charge in [0.2, 0.25) is 5.82 Å². The van der Waals surface area contributed by atoms with Gasteiger partial charge in [-0.2, -0.15) is 0 Å². The van der Waals surface area contributed by atoms with E-state index in [1.807, 2.05) is 56.3 Å². The third-order valence-electron chi connectivity index (χ3n) is 5.02. The maximum Gasteiger partial charge on any atom is 0.291 e. The Morgan fingerprint density at radius 2 is 1.69 bits per heavy atom. The van der Waals surface area contributed by atoms with Crippen LogP contribution in [0.3, 0.4) is 0 Å². The third-order valence-corrected chi connectivity index (χ3v) is 5.02. The molecule has 160 valence electrons. The number of nitrogens with zero attached hydrogens (tertiary/aromatic N) is 3. The van der Waals surface area contributed by atoms with Crippen molar-refractivity contribution in [3.8, 4) is 17.1 Å². The first-order chi connectivity index (χ1) is 15.4. The van der Waals surface area contributed by atoms with Crippen molar-refractivity contribution in [2.75, 3.05) is 6.54 Å². The number of aryl methyl sites for hydroxylation is 2. The SMILES string of the molecule is Cc1ccc(C)c(C(=O)CNC(=O)c2nc(-c3ccccc3)n(-c3ccc(F)cc3)n2)c1. The van der Waals surface area contributed by atoms with E-state index in [4.69, 9.17) is 0 Å². The molecule has 0 aliphatic carbocycles. The summed E-state index contributed by atoms with van der Waals surface area (Å²) in [7, 11) is 0. The molecule has 0 aliphatic heterocycles. The van der Waals surface area contributed by atoms with Crippen molar-refractivity contribution in [3.63, 3.8) is 0 Å². The van der Waals surface area contributed by atoms with Crippen molar-refractivity contribution >= 4 is 11.7 Å². The molecular formula is C25H21FN4O2. The average Bonchev–Trinajstić information content (AvgIpc) is 3.25. The summed E-state index contributed by atoms with van der Waals surface area (Å²) in [6.07, 6.45) is 0. The summed E-state index contributed by atoms with van der Waals surface area (Å²) in [6, 6.07) is 20.6. The van der Waals surface area contributed by atoms with Gasteiger partial charge in [-0.3, -0.25) is 9.59 Å². The van der Waals surface area contributed by atoms with Gasteiger partial charge in [-0.1, -0.05) is 48.0 Å². The largest absolute Gasteiger partial charge is 0.342 e. The van der Waals surface area contributed by atoms with Crippen LogP contribution in [-0.2, 0) is 0 Å². The van der Waals surface area contributed by atoms with Crippen LogP contribution in [0.5, 0.6) is 0 Å². The Labute approximate surface area is 184 Å². The number of benzene rings is 3. The lowest BCUT2D eigenvalue weighted by Gasteiger charge is -2.07. The lowest BCUT2D eigenvalue weighted by Crippen LogP contribution is -2.30. The van der Waals surface area contributed by atoms with Crippen LogP contribution in [0.4, 0.5) is 4.39 Å². The Morgan fingerprint density at radius 3 is 2.41 bits per heavy atom. The van der Waals surface area contributed by atoms with Gasteiger partial charge >= 0.3 is 0 Å².